The van der Waals surface area contributed by atoms with Crippen molar-refractivity contribution in [3.05, 3.63) is 18.0 Å². The Morgan fingerprint density at radius 2 is 2.53 bits per heavy atom. The maximum Gasteiger partial charge on any atom is 0.220 e. The lowest BCUT2D eigenvalue weighted by Crippen LogP contribution is -2.46. The van der Waals surface area contributed by atoms with E-state index < -0.39 is 0 Å². The average Bonchev–Trinajstić information content (AvgIpc) is 2.74. The van der Waals surface area contributed by atoms with Gasteiger partial charge >= 0.3 is 0 Å². The highest BCUT2D eigenvalue weighted by atomic mass is 16.1. The third-order valence-corrected chi connectivity index (χ3v) is 2.74. The lowest BCUT2D eigenvalue weighted by molar-refractivity contribution is -0.122. The van der Waals surface area contributed by atoms with Crippen molar-refractivity contribution in [2.75, 3.05) is 6.54 Å². The van der Waals surface area contributed by atoms with Crippen molar-refractivity contribution in [3.8, 4) is 0 Å². The van der Waals surface area contributed by atoms with Crippen LogP contribution in [0.25, 0.3) is 0 Å². The molecule has 5 heteroatoms. The summed E-state index contributed by atoms with van der Waals surface area (Å²) in [5.74, 6) is 0.155. The van der Waals surface area contributed by atoms with Crippen LogP contribution in [0.4, 0.5) is 0 Å². The van der Waals surface area contributed by atoms with E-state index in [0.29, 0.717) is 12.5 Å². The van der Waals surface area contributed by atoms with Crippen LogP contribution in [-0.2, 0) is 4.79 Å². The third kappa shape index (κ3) is 2.56. The first-order chi connectivity index (χ1) is 7.25. The van der Waals surface area contributed by atoms with E-state index in [2.05, 4.69) is 27.8 Å². The number of hydrogen-bond acceptors (Lipinski definition) is 3. The van der Waals surface area contributed by atoms with Crippen LogP contribution >= 0.6 is 0 Å². The number of rotatable bonds is 3. The zero-order valence-corrected chi connectivity index (χ0v) is 8.79. The molecule has 5 nitrogen and oxygen atoms in total. The monoisotopic (exact) mass is 208 g/mol. The molecule has 1 amide bonds. The zero-order chi connectivity index (χ0) is 10.7. The summed E-state index contributed by atoms with van der Waals surface area (Å²) >= 11 is 0. The molecule has 0 saturated carbocycles. The Balaban J connectivity index is 1.84. The molecular formula is C10H16N4O. The molecule has 2 heterocycles. The van der Waals surface area contributed by atoms with Crippen molar-refractivity contribution >= 4 is 5.91 Å². The Morgan fingerprint density at radius 1 is 1.67 bits per heavy atom. The molecule has 1 saturated heterocycles. The van der Waals surface area contributed by atoms with Crippen molar-refractivity contribution in [1.82, 2.24) is 20.8 Å². The predicted octanol–water partition coefficient (Wildman–Crippen LogP) is 0.339. The van der Waals surface area contributed by atoms with Crippen molar-refractivity contribution in [2.45, 2.75) is 31.8 Å². The Morgan fingerprint density at radius 3 is 3.13 bits per heavy atom. The molecule has 1 aromatic rings. The van der Waals surface area contributed by atoms with Gasteiger partial charge in [-0.3, -0.25) is 9.89 Å². The van der Waals surface area contributed by atoms with Crippen molar-refractivity contribution in [3.63, 3.8) is 0 Å². The van der Waals surface area contributed by atoms with Gasteiger partial charge in [0.2, 0.25) is 5.91 Å². The van der Waals surface area contributed by atoms with Gasteiger partial charge < -0.3 is 10.6 Å². The summed E-state index contributed by atoms with van der Waals surface area (Å²) in [6.07, 6.45) is 3.27. The van der Waals surface area contributed by atoms with Gasteiger partial charge in [0.25, 0.3) is 0 Å². The topological polar surface area (TPSA) is 69.8 Å². The number of aromatic amines is 1. The van der Waals surface area contributed by atoms with Crippen LogP contribution in [-0.4, -0.2) is 28.7 Å². The molecule has 1 aliphatic heterocycles. The Kier molecular flexibility index (Phi) is 3.01. The van der Waals surface area contributed by atoms with Gasteiger partial charge in [0.05, 0.1) is 5.69 Å². The van der Waals surface area contributed by atoms with E-state index in [-0.39, 0.29) is 11.9 Å². The number of piperidine rings is 1. The van der Waals surface area contributed by atoms with E-state index in [1.165, 1.54) is 0 Å². The molecule has 15 heavy (non-hydrogen) atoms. The number of hydrogen-bond donors (Lipinski definition) is 3. The van der Waals surface area contributed by atoms with Crippen molar-refractivity contribution < 1.29 is 4.79 Å². The van der Waals surface area contributed by atoms with Crippen molar-refractivity contribution in [1.29, 1.82) is 0 Å². The molecule has 1 aromatic heterocycles. The van der Waals surface area contributed by atoms with Gasteiger partial charge in [-0.15, -0.1) is 0 Å². The van der Waals surface area contributed by atoms with Gasteiger partial charge in [0.1, 0.15) is 0 Å². The predicted molar refractivity (Wildman–Crippen MR) is 56.2 cm³/mol. The number of H-pyrrole nitrogens is 1. The fourth-order valence-electron chi connectivity index (χ4n) is 1.83. The van der Waals surface area contributed by atoms with E-state index >= 15 is 0 Å². The standard InChI is InChI=1S/C10H16N4O/c1-7(9-4-5-12-14-9)13-8-2-3-10(15)11-6-8/h4-5,7-8,13H,2-3,6H2,1H3,(H,11,15)(H,12,14). The quantitative estimate of drug-likeness (QED) is 0.671. The third-order valence-electron chi connectivity index (χ3n) is 2.74. The number of nitrogens with one attached hydrogen (secondary N) is 3. The van der Waals surface area contributed by atoms with Gasteiger partial charge in [0.15, 0.2) is 0 Å². The minimum absolute atomic E-state index is 0.155. The van der Waals surface area contributed by atoms with E-state index in [0.717, 1.165) is 18.7 Å². The van der Waals surface area contributed by atoms with Crippen LogP contribution in [0.2, 0.25) is 0 Å². The van der Waals surface area contributed by atoms with Gasteiger partial charge in [-0.25, -0.2) is 0 Å². The fourth-order valence-corrected chi connectivity index (χ4v) is 1.83. The van der Waals surface area contributed by atoms with Gasteiger partial charge in [0, 0.05) is 31.2 Å². The summed E-state index contributed by atoms with van der Waals surface area (Å²) in [5, 5.41) is 13.2. The second-order valence-electron chi connectivity index (χ2n) is 3.94. The molecule has 2 rings (SSSR count). The van der Waals surface area contributed by atoms with Crippen LogP contribution in [0.3, 0.4) is 0 Å². The normalized spacial score (nSPS) is 23.5. The molecular weight excluding hydrogens is 192 g/mol. The average molecular weight is 208 g/mol. The van der Waals surface area contributed by atoms with Crippen LogP contribution in [0.15, 0.2) is 12.3 Å². The van der Waals surface area contributed by atoms with Gasteiger partial charge in [-0.1, -0.05) is 0 Å². The van der Waals surface area contributed by atoms with E-state index in [4.69, 9.17) is 0 Å². The molecule has 3 N–H and O–H groups in total. The summed E-state index contributed by atoms with van der Waals surface area (Å²) in [7, 11) is 0. The summed E-state index contributed by atoms with van der Waals surface area (Å²) in [5.41, 5.74) is 1.08. The van der Waals surface area contributed by atoms with E-state index in [1.807, 2.05) is 6.07 Å². The number of amides is 1. The molecule has 0 radical (unpaired) electrons. The number of aromatic nitrogens is 2. The highest BCUT2D eigenvalue weighted by Gasteiger charge is 2.19. The van der Waals surface area contributed by atoms with E-state index in [1.54, 1.807) is 6.20 Å². The first-order valence-electron chi connectivity index (χ1n) is 5.27. The molecule has 1 aliphatic rings. The maximum atomic E-state index is 11.0. The zero-order valence-electron chi connectivity index (χ0n) is 8.79. The van der Waals surface area contributed by atoms with Gasteiger partial charge in [-0.05, 0) is 19.4 Å². The van der Waals surface area contributed by atoms with Crippen LogP contribution in [0.1, 0.15) is 31.5 Å². The second-order valence-corrected chi connectivity index (χ2v) is 3.94. The second kappa shape index (κ2) is 4.44. The Bertz CT molecular complexity index is 312. The fraction of sp³-hybridized carbons (Fsp3) is 0.600. The highest BCUT2D eigenvalue weighted by molar-refractivity contribution is 5.76. The molecule has 1 fully saturated rings. The maximum absolute atomic E-state index is 11.0. The lowest BCUT2D eigenvalue weighted by Gasteiger charge is -2.26. The molecule has 2 atom stereocenters. The number of carbonyl (C=O) groups excluding carboxylic acids is 1. The van der Waals surface area contributed by atoms with E-state index in [9.17, 15) is 4.79 Å². The molecule has 0 bridgehead atoms. The highest BCUT2D eigenvalue weighted by Crippen LogP contribution is 2.11. The number of carbonyl (C=O) groups is 1. The minimum atomic E-state index is 0.155. The molecule has 0 spiro atoms. The molecule has 2 unspecified atom stereocenters. The lowest BCUT2D eigenvalue weighted by atomic mass is 10.1. The van der Waals surface area contributed by atoms with Crippen LogP contribution < -0.4 is 10.6 Å². The van der Waals surface area contributed by atoms with Gasteiger partial charge in [-0.2, -0.15) is 5.10 Å². The molecule has 0 aliphatic carbocycles. The summed E-state index contributed by atoms with van der Waals surface area (Å²) in [6, 6.07) is 2.56. The van der Waals surface area contributed by atoms with Crippen LogP contribution in [0, 0.1) is 0 Å². The Labute approximate surface area is 88.6 Å². The summed E-state index contributed by atoms with van der Waals surface area (Å²) in [6.45, 7) is 2.81. The smallest absolute Gasteiger partial charge is 0.220 e. The minimum Gasteiger partial charge on any atom is -0.355 e. The first-order valence-corrected chi connectivity index (χ1v) is 5.27. The van der Waals surface area contributed by atoms with Crippen LogP contribution in [0.5, 0.6) is 0 Å². The molecule has 82 valence electrons. The number of nitrogens with zero attached hydrogens (tertiary/aromatic N) is 1. The SMILES string of the molecule is CC(NC1CCC(=O)NC1)c1ccn[nH]1. The summed E-state index contributed by atoms with van der Waals surface area (Å²) in [4.78, 5) is 11.0. The largest absolute Gasteiger partial charge is 0.355 e. The van der Waals surface area contributed by atoms with Crippen molar-refractivity contribution in [2.24, 2.45) is 0 Å². The summed E-state index contributed by atoms with van der Waals surface area (Å²) < 4.78 is 0. The molecule has 0 aromatic carbocycles. The first kappa shape index (κ1) is 10.2. The Hall–Kier alpha value is -1.36.